The van der Waals surface area contributed by atoms with Crippen molar-refractivity contribution in [2.24, 2.45) is 11.7 Å². The first kappa shape index (κ1) is 18.8. The van der Waals surface area contributed by atoms with Crippen molar-refractivity contribution in [1.29, 1.82) is 0 Å². The Labute approximate surface area is 172 Å². The predicted octanol–water partition coefficient (Wildman–Crippen LogP) is 3.12. The van der Waals surface area contributed by atoms with Gasteiger partial charge in [0, 0.05) is 10.9 Å². The molecule has 3 N–H and O–H groups in total. The molecule has 1 aliphatic rings. The van der Waals surface area contributed by atoms with E-state index in [-0.39, 0.29) is 18.1 Å². The molecular formula is C22H21FN6O. The third kappa shape index (κ3) is 3.34. The van der Waals surface area contributed by atoms with Gasteiger partial charge in [0.2, 0.25) is 0 Å². The molecule has 30 heavy (non-hydrogen) atoms. The van der Waals surface area contributed by atoms with Gasteiger partial charge in [0.05, 0.1) is 53.3 Å². The molecule has 0 bridgehead atoms. The summed E-state index contributed by atoms with van der Waals surface area (Å²) >= 11 is 0. The molecule has 1 fully saturated rings. The van der Waals surface area contributed by atoms with Crippen LogP contribution in [0.3, 0.4) is 0 Å². The zero-order chi connectivity index (χ0) is 20.7. The van der Waals surface area contributed by atoms with E-state index >= 15 is 0 Å². The number of pyridine rings is 1. The highest BCUT2D eigenvalue weighted by Gasteiger charge is 2.33. The topological polar surface area (TPSA) is 103 Å². The first-order valence-electron chi connectivity index (χ1n) is 9.88. The average Bonchev–Trinajstić information content (AvgIpc) is 3.20. The van der Waals surface area contributed by atoms with Gasteiger partial charge in [0.15, 0.2) is 5.82 Å². The highest BCUT2D eigenvalue weighted by Crippen LogP contribution is 2.36. The van der Waals surface area contributed by atoms with Crippen molar-refractivity contribution in [3.05, 3.63) is 66.4 Å². The van der Waals surface area contributed by atoms with Crippen molar-refractivity contribution in [3.63, 3.8) is 0 Å². The van der Waals surface area contributed by atoms with E-state index in [1.807, 2.05) is 18.2 Å². The molecule has 0 aliphatic heterocycles. The van der Waals surface area contributed by atoms with Crippen molar-refractivity contribution >= 4 is 10.9 Å². The number of nitrogens with two attached hydrogens (primary N) is 1. The summed E-state index contributed by atoms with van der Waals surface area (Å²) in [5.41, 5.74) is 9.85. The van der Waals surface area contributed by atoms with E-state index in [9.17, 15) is 9.50 Å². The molecule has 1 atom stereocenters. The van der Waals surface area contributed by atoms with Crippen LogP contribution in [0, 0.1) is 5.92 Å². The Balaban J connectivity index is 1.52. The van der Waals surface area contributed by atoms with Gasteiger partial charge >= 0.3 is 0 Å². The molecule has 1 unspecified atom stereocenters. The van der Waals surface area contributed by atoms with Crippen molar-refractivity contribution in [3.8, 4) is 17.1 Å². The van der Waals surface area contributed by atoms with Crippen LogP contribution in [0.2, 0.25) is 0 Å². The van der Waals surface area contributed by atoms with Crippen LogP contribution < -0.4 is 5.73 Å². The number of aliphatic hydroxyl groups is 1. The van der Waals surface area contributed by atoms with Gasteiger partial charge in [0.1, 0.15) is 6.67 Å². The van der Waals surface area contributed by atoms with Gasteiger partial charge < -0.3 is 10.8 Å². The number of aliphatic hydroxyl groups excluding tert-OH is 1. The first-order valence-corrected chi connectivity index (χ1v) is 9.88. The minimum Gasteiger partial charge on any atom is -0.393 e. The van der Waals surface area contributed by atoms with E-state index in [1.165, 1.54) is 0 Å². The molecule has 1 saturated carbocycles. The van der Waals surface area contributed by atoms with Gasteiger partial charge in [-0.15, -0.1) is 0 Å². The van der Waals surface area contributed by atoms with Gasteiger partial charge in [-0.2, -0.15) is 5.10 Å². The van der Waals surface area contributed by atoms with Gasteiger partial charge in [-0.1, -0.05) is 18.2 Å². The van der Waals surface area contributed by atoms with Crippen molar-refractivity contribution < 1.29 is 9.50 Å². The quantitative estimate of drug-likeness (QED) is 0.530. The maximum Gasteiger partial charge on any atom is 0.154 e. The highest BCUT2D eigenvalue weighted by atomic mass is 19.1. The molecule has 7 nitrogen and oxygen atoms in total. The Morgan fingerprint density at radius 2 is 2.00 bits per heavy atom. The second-order valence-electron chi connectivity index (χ2n) is 7.69. The summed E-state index contributed by atoms with van der Waals surface area (Å²) in [6, 6.07) is 10.9. The van der Waals surface area contributed by atoms with Crippen LogP contribution in [-0.2, 0) is 6.67 Å². The Hall–Kier alpha value is -3.23. The summed E-state index contributed by atoms with van der Waals surface area (Å²) in [6.07, 6.45) is 6.28. The first-order chi connectivity index (χ1) is 14.6. The Morgan fingerprint density at radius 1 is 1.13 bits per heavy atom. The van der Waals surface area contributed by atoms with E-state index in [0.29, 0.717) is 30.0 Å². The maximum atomic E-state index is 13.0. The van der Waals surface area contributed by atoms with Crippen LogP contribution in [0.5, 0.6) is 0 Å². The van der Waals surface area contributed by atoms with Crippen LogP contribution in [0.15, 0.2) is 55.0 Å². The molecule has 1 aliphatic carbocycles. The summed E-state index contributed by atoms with van der Waals surface area (Å²) in [5, 5.41) is 14.9. The Morgan fingerprint density at radius 3 is 2.80 bits per heavy atom. The molecule has 3 heterocycles. The fourth-order valence-corrected chi connectivity index (χ4v) is 3.86. The van der Waals surface area contributed by atoms with Crippen LogP contribution in [0.4, 0.5) is 4.39 Å². The van der Waals surface area contributed by atoms with Gasteiger partial charge in [0.25, 0.3) is 0 Å². The highest BCUT2D eigenvalue weighted by molar-refractivity contribution is 5.84. The van der Waals surface area contributed by atoms with Crippen LogP contribution in [0.25, 0.3) is 28.0 Å². The van der Waals surface area contributed by atoms with Gasteiger partial charge in [-0.25, -0.2) is 19.0 Å². The largest absolute Gasteiger partial charge is 0.393 e. The maximum absolute atomic E-state index is 13.0. The standard InChI is InChI=1S/C22H21FN6O/c23-9-16-2-1-3-21(27-16)29-20-8-13(4-5-14(20)10-26-29)18-11-25-12-19(28-18)22(24)15-6-17(30)7-15/h1-5,8,10-12,15,17,22,30H,6-7,9,24H2/t15-,17+,22?. The number of nitrogens with zero attached hydrogens (tertiary/aromatic N) is 5. The third-order valence-corrected chi connectivity index (χ3v) is 5.66. The van der Waals surface area contributed by atoms with Crippen molar-refractivity contribution in [2.75, 3.05) is 0 Å². The fraction of sp³-hybridized carbons (Fsp3) is 0.273. The molecule has 152 valence electrons. The van der Waals surface area contributed by atoms with Gasteiger partial charge in [-0.3, -0.25) is 4.98 Å². The number of halogens is 1. The van der Waals surface area contributed by atoms with E-state index < -0.39 is 6.67 Å². The molecule has 0 radical (unpaired) electrons. The molecule has 0 saturated heterocycles. The Bertz CT molecular complexity index is 1200. The number of fused-ring (bicyclic) bond motifs is 1. The van der Waals surface area contributed by atoms with Crippen molar-refractivity contribution in [2.45, 2.75) is 31.7 Å². The number of rotatable bonds is 5. The fourth-order valence-electron chi connectivity index (χ4n) is 3.86. The monoisotopic (exact) mass is 404 g/mol. The third-order valence-electron chi connectivity index (χ3n) is 5.66. The smallest absolute Gasteiger partial charge is 0.154 e. The molecular weight excluding hydrogens is 383 g/mol. The molecule has 8 heteroatoms. The molecule has 4 aromatic rings. The molecule has 0 spiro atoms. The lowest BCUT2D eigenvalue weighted by Gasteiger charge is -2.35. The van der Waals surface area contributed by atoms with Crippen LogP contribution in [-0.4, -0.2) is 35.9 Å². The number of hydrogen-bond acceptors (Lipinski definition) is 6. The summed E-state index contributed by atoms with van der Waals surface area (Å²) in [4.78, 5) is 13.4. The summed E-state index contributed by atoms with van der Waals surface area (Å²) in [5.74, 6) is 0.782. The van der Waals surface area contributed by atoms with E-state index in [1.54, 1.807) is 41.5 Å². The minimum atomic E-state index is -0.626. The number of alkyl halides is 1. The lowest BCUT2D eigenvalue weighted by atomic mass is 9.76. The van der Waals surface area contributed by atoms with Crippen LogP contribution in [0.1, 0.15) is 30.3 Å². The van der Waals surface area contributed by atoms with Crippen molar-refractivity contribution in [1.82, 2.24) is 24.7 Å². The number of aromatic nitrogens is 5. The molecule has 0 amide bonds. The van der Waals surface area contributed by atoms with E-state index in [0.717, 1.165) is 22.2 Å². The lowest BCUT2D eigenvalue weighted by molar-refractivity contribution is 0.0301. The van der Waals surface area contributed by atoms with E-state index in [2.05, 4.69) is 15.1 Å². The molecule has 3 aromatic heterocycles. The minimum absolute atomic E-state index is 0.224. The summed E-state index contributed by atoms with van der Waals surface area (Å²) in [6.45, 7) is -0.626. The Kier molecular flexibility index (Phi) is 4.72. The van der Waals surface area contributed by atoms with Gasteiger partial charge in [-0.05, 0) is 37.0 Å². The average molecular weight is 404 g/mol. The zero-order valence-electron chi connectivity index (χ0n) is 16.2. The summed E-state index contributed by atoms with van der Waals surface area (Å²) < 4.78 is 14.7. The normalized spacial score (nSPS) is 19.6. The predicted molar refractivity (Wildman–Crippen MR) is 110 cm³/mol. The summed E-state index contributed by atoms with van der Waals surface area (Å²) in [7, 11) is 0. The van der Waals surface area contributed by atoms with Crippen LogP contribution >= 0.6 is 0 Å². The second-order valence-corrected chi connectivity index (χ2v) is 7.69. The number of hydrogen-bond donors (Lipinski definition) is 2. The van der Waals surface area contributed by atoms with E-state index in [4.69, 9.17) is 10.7 Å². The molecule has 1 aromatic carbocycles. The zero-order valence-corrected chi connectivity index (χ0v) is 16.2. The number of benzene rings is 1. The molecule has 5 rings (SSSR count). The SMILES string of the molecule is NC(c1cncc(-c2ccc3cnn(-c4cccc(CF)n4)c3c2)n1)[C@H]1C[C@@H](O)C1. The lowest BCUT2D eigenvalue weighted by Crippen LogP contribution is -2.36. The second kappa shape index (κ2) is 7.55.